The first-order valence-electron chi connectivity index (χ1n) is 10.0. The molecular formula is C23H29ClN2O2. The number of rotatable bonds is 6. The number of benzene rings is 2. The molecule has 28 heavy (non-hydrogen) atoms. The average Bonchev–Trinajstić information content (AvgIpc) is 2.70. The summed E-state index contributed by atoms with van der Waals surface area (Å²) in [6.07, 6.45) is 1.87. The standard InChI is InChI=1S/C23H29ClN2O2/c1-16-12-14-26(15-13-16)20-10-8-19(9-11-20)17(2)25-23(27)18(3)28-22-7-5-4-6-21(22)24/h4-11,16-18H,12-15H2,1-3H3,(H,25,27)/t17-,18-/m1/s1. The van der Waals surface area contributed by atoms with Gasteiger partial charge in [-0.2, -0.15) is 0 Å². The smallest absolute Gasteiger partial charge is 0.261 e. The van der Waals surface area contributed by atoms with E-state index in [1.54, 1.807) is 19.1 Å². The van der Waals surface area contributed by atoms with Crippen molar-refractivity contribution in [2.45, 2.75) is 45.8 Å². The maximum atomic E-state index is 12.5. The first kappa shape index (κ1) is 20.5. The fraction of sp³-hybridized carbons (Fsp3) is 0.435. The van der Waals surface area contributed by atoms with E-state index in [0.717, 1.165) is 24.6 Å². The number of ether oxygens (including phenoxy) is 1. The Morgan fingerprint density at radius 3 is 2.39 bits per heavy atom. The zero-order chi connectivity index (χ0) is 20.1. The summed E-state index contributed by atoms with van der Waals surface area (Å²) in [5.74, 6) is 1.17. The van der Waals surface area contributed by atoms with Crippen LogP contribution in [0.5, 0.6) is 5.75 Å². The monoisotopic (exact) mass is 400 g/mol. The van der Waals surface area contributed by atoms with Gasteiger partial charge in [-0.25, -0.2) is 0 Å². The van der Waals surface area contributed by atoms with E-state index in [2.05, 4.69) is 41.4 Å². The summed E-state index contributed by atoms with van der Waals surface area (Å²) in [6.45, 7) is 8.26. The van der Waals surface area contributed by atoms with E-state index in [-0.39, 0.29) is 11.9 Å². The van der Waals surface area contributed by atoms with Crippen LogP contribution in [0.1, 0.15) is 45.2 Å². The first-order chi connectivity index (χ1) is 13.4. The molecule has 0 saturated carbocycles. The molecule has 150 valence electrons. The molecular weight excluding hydrogens is 372 g/mol. The average molecular weight is 401 g/mol. The Labute approximate surface area is 172 Å². The number of nitrogens with zero attached hydrogens (tertiary/aromatic N) is 1. The van der Waals surface area contributed by atoms with Crippen molar-refractivity contribution in [3.8, 4) is 5.75 Å². The second kappa shape index (κ2) is 9.33. The van der Waals surface area contributed by atoms with E-state index < -0.39 is 6.10 Å². The summed E-state index contributed by atoms with van der Waals surface area (Å²) >= 11 is 6.10. The second-order valence-corrected chi connectivity index (χ2v) is 8.09. The Bertz CT molecular complexity index is 785. The van der Waals surface area contributed by atoms with E-state index >= 15 is 0 Å². The predicted octanol–water partition coefficient (Wildman–Crippen LogP) is 5.22. The Balaban J connectivity index is 1.55. The summed E-state index contributed by atoms with van der Waals surface area (Å²) < 4.78 is 5.70. The number of hydrogen-bond acceptors (Lipinski definition) is 3. The minimum Gasteiger partial charge on any atom is -0.479 e. The lowest BCUT2D eigenvalue weighted by Gasteiger charge is -2.32. The van der Waals surface area contributed by atoms with Crippen molar-refractivity contribution >= 4 is 23.2 Å². The van der Waals surface area contributed by atoms with Crippen LogP contribution in [0.15, 0.2) is 48.5 Å². The zero-order valence-corrected chi connectivity index (χ0v) is 17.6. The summed E-state index contributed by atoms with van der Waals surface area (Å²) in [5.41, 5.74) is 2.33. The Morgan fingerprint density at radius 1 is 1.11 bits per heavy atom. The van der Waals surface area contributed by atoms with Crippen molar-refractivity contribution in [2.24, 2.45) is 5.92 Å². The number of amides is 1. The molecule has 4 nitrogen and oxygen atoms in total. The van der Waals surface area contributed by atoms with Gasteiger partial charge in [0.05, 0.1) is 11.1 Å². The number of nitrogens with one attached hydrogen (secondary N) is 1. The Morgan fingerprint density at radius 2 is 1.75 bits per heavy atom. The maximum Gasteiger partial charge on any atom is 0.261 e. The fourth-order valence-electron chi connectivity index (χ4n) is 3.44. The molecule has 2 atom stereocenters. The highest BCUT2D eigenvalue weighted by atomic mass is 35.5. The van der Waals surface area contributed by atoms with Gasteiger partial charge in [-0.1, -0.05) is 42.8 Å². The van der Waals surface area contributed by atoms with Crippen LogP contribution in [0.4, 0.5) is 5.69 Å². The van der Waals surface area contributed by atoms with E-state index in [1.807, 2.05) is 19.1 Å². The fourth-order valence-corrected chi connectivity index (χ4v) is 3.62. The Kier molecular flexibility index (Phi) is 6.84. The van der Waals surface area contributed by atoms with Crippen LogP contribution in [0.25, 0.3) is 0 Å². The molecule has 2 aromatic carbocycles. The number of hydrogen-bond donors (Lipinski definition) is 1. The third-order valence-corrected chi connectivity index (χ3v) is 5.72. The molecule has 0 bridgehead atoms. The van der Waals surface area contributed by atoms with Gasteiger partial charge in [0.25, 0.3) is 5.91 Å². The number of carbonyl (C=O) groups excluding carboxylic acids is 1. The minimum atomic E-state index is -0.628. The van der Waals surface area contributed by atoms with Crippen LogP contribution < -0.4 is 15.0 Å². The lowest BCUT2D eigenvalue weighted by Crippen LogP contribution is -2.37. The molecule has 0 aliphatic carbocycles. The lowest BCUT2D eigenvalue weighted by molar-refractivity contribution is -0.127. The predicted molar refractivity (Wildman–Crippen MR) is 115 cm³/mol. The summed E-state index contributed by atoms with van der Waals surface area (Å²) in [5, 5.41) is 3.52. The molecule has 0 radical (unpaired) electrons. The molecule has 2 aromatic rings. The van der Waals surface area contributed by atoms with Crippen LogP contribution in [0.3, 0.4) is 0 Å². The third-order valence-electron chi connectivity index (χ3n) is 5.41. The summed E-state index contributed by atoms with van der Waals surface area (Å²) in [4.78, 5) is 14.9. The van der Waals surface area contributed by atoms with Gasteiger partial charge in [-0.05, 0) is 62.4 Å². The molecule has 1 aliphatic heterocycles. The third kappa shape index (κ3) is 5.20. The number of para-hydroxylation sites is 1. The van der Waals surface area contributed by atoms with Crippen molar-refractivity contribution in [1.29, 1.82) is 0 Å². The molecule has 1 aliphatic rings. The second-order valence-electron chi connectivity index (χ2n) is 7.68. The van der Waals surface area contributed by atoms with Crippen molar-refractivity contribution in [3.05, 3.63) is 59.1 Å². The highest BCUT2D eigenvalue weighted by molar-refractivity contribution is 6.32. The van der Waals surface area contributed by atoms with E-state index in [9.17, 15) is 4.79 Å². The molecule has 5 heteroatoms. The van der Waals surface area contributed by atoms with Crippen molar-refractivity contribution in [2.75, 3.05) is 18.0 Å². The van der Waals surface area contributed by atoms with Crippen LogP contribution in [0.2, 0.25) is 5.02 Å². The van der Waals surface area contributed by atoms with Gasteiger partial charge in [0.1, 0.15) is 5.75 Å². The number of halogens is 1. The SMILES string of the molecule is CC1CCN(c2ccc([C@@H](C)NC(=O)[C@@H](C)Oc3ccccc3Cl)cc2)CC1. The number of piperidine rings is 1. The molecule has 1 N–H and O–H groups in total. The number of anilines is 1. The van der Waals surface area contributed by atoms with E-state index in [0.29, 0.717) is 10.8 Å². The largest absolute Gasteiger partial charge is 0.479 e. The van der Waals surface area contributed by atoms with Crippen molar-refractivity contribution in [1.82, 2.24) is 5.32 Å². The van der Waals surface area contributed by atoms with Crippen LogP contribution in [0, 0.1) is 5.92 Å². The molecule has 1 heterocycles. The van der Waals surface area contributed by atoms with Crippen molar-refractivity contribution in [3.63, 3.8) is 0 Å². The molecule has 3 rings (SSSR count). The lowest BCUT2D eigenvalue weighted by atomic mass is 9.98. The first-order valence-corrected chi connectivity index (χ1v) is 10.4. The van der Waals surface area contributed by atoms with Crippen LogP contribution in [-0.4, -0.2) is 25.1 Å². The molecule has 1 amide bonds. The van der Waals surface area contributed by atoms with Crippen LogP contribution >= 0.6 is 11.6 Å². The van der Waals surface area contributed by atoms with Gasteiger partial charge in [-0.3, -0.25) is 4.79 Å². The summed E-state index contributed by atoms with van der Waals surface area (Å²) in [7, 11) is 0. The quantitative estimate of drug-likeness (QED) is 0.722. The maximum absolute atomic E-state index is 12.5. The van der Waals surface area contributed by atoms with Crippen molar-refractivity contribution < 1.29 is 9.53 Å². The van der Waals surface area contributed by atoms with Gasteiger partial charge < -0.3 is 15.0 Å². The van der Waals surface area contributed by atoms with Gasteiger partial charge >= 0.3 is 0 Å². The molecule has 0 aromatic heterocycles. The van der Waals surface area contributed by atoms with Gasteiger partial charge in [0.2, 0.25) is 0 Å². The minimum absolute atomic E-state index is 0.0970. The number of carbonyl (C=O) groups is 1. The van der Waals surface area contributed by atoms with E-state index in [1.165, 1.54) is 18.5 Å². The molecule has 1 saturated heterocycles. The highest BCUT2D eigenvalue weighted by Crippen LogP contribution is 2.26. The van der Waals surface area contributed by atoms with Crippen LogP contribution in [-0.2, 0) is 4.79 Å². The van der Waals surface area contributed by atoms with Gasteiger partial charge in [0, 0.05) is 18.8 Å². The highest BCUT2D eigenvalue weighted by Gasteiger charge is 2.19. The zero-order valence-electron chi connectivity index (χ0n) is 16.8. The molecule has 0 unspecified atom stereocenters. The molecule has 0 spiro atoms. The van der Waals surface area contributed by atoms with Gasteiger partial charge in [-0.15, -0.1) is 0 Å². The topological polar surface area (TPSA) is 41.6 Å². The molecule has 1 fully saturated rings. The van der Waals surface area contributed by atoms with E-state index in [4.69, 9.17) is 16.3 Å². The Hall–Kier alpha value is -2.20. The summed E-state index contributed by atoms with van der Waals surface area (Å²) in [6, 6.07) is 15.6. The van der Waals surface area contributed by atoms with Gasteiger partial charge in [0.15, 0.2) is 6.10 Å². The normalized spacial score (nSPS) is 17.1.